The molecule has 8 nitrogen and oxygen atoms in total. The Kier molecular flexibility index (Phi) is 8.44. The van der Waals surface area contributed by atoms with Crippen molar-refractivity contribution in [2.24, 2.45) is 0 Å². The molecular formula is C25H26FN3O5S3. The van der Waals surface area contributed by atoms with Crippen LogP contribution in [0.3, 0.4) is 0 Å². The Hall–Kier alpha value is -2.64. The van der Waals surface area contributed by atoms with Crippen molar-refractivity contribution in [1.29, 1.82) is 0 Å². The number of sulfonamides is 1. The van der Waals surface area contributed by atoms with E-state index in [0.717, 1.165) is 11.8 Å². The number of morpholine rings is 1. The smallest absolute Gasteiger partial charge is 0.266 e. The molecule has 2 aliphatic rings. The molecule has 2 saturated heterocycles. The van der Waals surface area contributed by atoms with Crippen molar-refractivity contribution in [1.82, 2.24) is 9.21 Å². The minimum Gasteiger partial charge on any atom is -0.373 e. The van der Waals surface area contributed by atoms with Gasteiger partial charge in [-0.05, 0) is 61.9 Å². The second-order valence-electron chi connectivity index (χ2n) is 8.79. The zero-order valence-electron chi connectivity index (χ0n) is 20.2. The lowest BCUT2D eigenvalue weighted by Crippen LogP contribution is -2.48. The highest BCUT2D eigenvalue weighted by molar-refractivity contribution is 8.26. The molecule has 2 atom stereocenters. The lowest BCUT2D eigenvalue weighted by Gasteiger charge is -2.34. The van der Waals surface area contributed by atoms with Gasteiger partial charge in [0.15, 0.2) is 0 Å². The van der Waals surface area contributed by atoms with Crippen molar-refractivity contribution in [2.75, 3.05) is 25.0 Å². The summed E-state index contributed by atoms with van der Waals surface area (Å²) in [6, 6.07) is 11.7. The lowest BCUT2D eigenvalue weighted by atomic mass is 10.2. The van der Waals surface area contributed by atoms with Gasteiger partial charge in [0.05, 0.1) is 22.0 Å². The molecule has 2 aromatic carbocycles. The van der Waals surface area contributed by atoms with Gasteiger partial charge in [0.1, 0.15) is 10.1 Å². The number of amides is 2. The van der Waals surface area contributed by atoms with Gasteiger partial charge in [-0.25, -0.2) is 12.8 Å². The highest BCUT2D eigenvalue weighted by atomic mass is 32.2. The Labute approximate surface area is 224 Å². The Morgan fingerprint density at radius 2 is 1.76 bits per heavy atom. The molecule has 2 aliphatic heterocycles. The number of nitrogens with one attached hydrogen (secondary N) is 1. The van der Waals surface area contributed by atoms with Crippen LogP contribution >= 0.6 is 24.0 Å². The zero-order chi connectivity index (χ0) is 26.7. The van der Waals surface area contributed by atoms with E-state index in [1.165, 1.54) is 45.6 Å². The van der Waals surface area contributed by atoms with Crippen molar-refractivity contribution < 1.29 is 27.1 Å². The standard InChI is InChI=1S/C25H26FN3O5S3/c1-16-14-28(15-17(2)34-16)37(32,33)21-9-7-20(8-10-21)27-23(30)11-12-29-24(31)22(36-25(29)35)13-18-3-5-19(26)6-4-18/h3-10,13,16-17H,11-12,14-15H2,1-2H3,(H,27,30)/b22-13-/t16-,17-/m0/s1. The Morgan fingerprint density at radius 1 is 1.14 bits per heavy atom. The third kappa shape index (κ3) is 6.63. The molecule has 1 N–H and O–H groups in total. The third-order valence-electron chi connectivity index (χ3n) is 5.77. The zero-order valence-corrected chi connectivity index (χ0v) is 22.7. The van der Waals surface area contributed by atoms with Crippen LogP contribution in [0.25, 0.3) is 6.08 Å². The molecule has 0 aromatic heterocycles. The number of carbonyl (C=O) groups excluding carboxylic acids is 2. The highest BCUT2D eigenvalue weighted by Gasteiger charge is 2.33. The van der Waals surface area contributed by atoms with Gasteiger partial charge in [0, 0.05) is 31.7 Å². The first-order valence-electron chi connectivity index (χ1n) is 11.6. The average Bonchev–Trinajstić information content (AvgIpc) is 3.11. The largest absolute Gasteiger partial charge is 0.373 e. The quantitative estimate of drug-likeness (QED) is 0.404. The van der Waals surface area contributed by atoms with Crippen molar-refractivity contribution in [2.45, 2.75) is 37.4 Å². The molecule has 4 rings (SSSR count). The Morgan fingerprint density at radius 3 is 2.38 bits per heavy atom. The number of thioether (sulfide) groups is 1. The van der Waals surface area contributed by atoms with E-state index in [-0.39, 0.29) is 60.8 Å². The predicted octanol–water partition coefficient (Wildman–Crippen LogP) is 3.85. The maximum atomic E-state index is 13.1. The maximum absolute atomic E-state index is 13.1. The number of hydrogen-bond donors (Lipinski definition) is 1. The minimum absolute atomic E-state index is 0.000126. The van der Waals surface area contributed by atoms with Gasteiger partial charge < -0.3 is 10.1 Å². The van der Waals surface area contributed by atoms with Crippen molar-refractivity contribution in [3.05, 3.63) is 64.8 Å². The van der Waals surface area contributed by atoms with Crippen LogP contribution in [-0.2, 0) is 24.3 Å². The number of carbonyl (C=O) groups is 2. The van der Waals surface area contributed by atoms with E-state index in [0.29, 0.717) is 20.5 Å². The molecule has 196 valence electrons. The van der Waals surface area contributed by atoms with Gasteiger partial charge in [-0.3, -0.25) is 14.5 Å². The third-order valence-corrected chi connectivity index (χ3v) is 8.99. The lowest BCUT2D eigenvalue weighted by molar-refractivity contribution is -0.122. The van der Waals surface area contributed by atoms with E-state index in [2.05, 4.69) is 5.32 Å². The second-order valence-corrected chi connectivity index (χ2v) is 12.4. The monoisotopic (exact) mass is 563 g/mol. The molecule has 0 spiro atoms. The van der Waals surface area contributed by atoms with Gasteiger partial charge in [-0.2, -0.15) is 4.31 Å². The van der Waals surface area contributed by atoms with Crippen LogP contribution in [0.2, 0.25) is 0 Å². The van der Waals surface area contributed by atoms with Gasteiger partial charge in [-0.15, -0.1) is 0 Å². The summed E-state index contributed by atoms with van der Waals surface area (Å²) in [6.45, 7) is 4.32. The first-order valence-corrected chi connectivity index (χ1v) is 14.3. The van der Waals surface area contributed by atoms with Crippen LogP contribution in [0, 0.1) is 5.82 Å². The van der Waals surface area contributed by atoms with Crippen LogP contribution in [0.4, 0.5) is 10.1 Å². The first-order chi connectivity index (χ1) is 17.5. The molecule has 0 bridgehead atoms. The van der Waals surface area contributed by atoms with Crippen LogP contribution in [0.1, 0.15) is 25.8 Å². The summed E-state index contributed by atoms with van der Waals surface area (Å²) in [5.41, 5.74) is 1.11. The van der Waals surface area contributed by atoms with Gasteiger partial charge in [0.25, 0.3) is 5.91 Å². The summed E-state index contributed by atoms with van der Waals surface area (Å²) < 4.78 is 46.5. The fourth-order valence-corrected chi connectivity index (χ4v) is 6.93. The molecule has 37 heavy (non-hydrogen) atoms. The van der Waals surface area contributed by atoms with Gasteiger partial charge in [0.2, 0.25) is 15.9 Å². The number of rotatable bonds is 7. The van der Waals surface area contributed by atoms with E-state index in [4.69, 9.17) is 17.0 Å². The van der Waals surface area contributed by atoms with Gasteiger partial charge in [-0.1, -0.05) is 36.1 Å². The van der Waals surface area contributed by atoms with E-state index < -0.39 is 10.0 Å². The number of ether oxygens (including phenoxy) is 1. The number of hydrogen-bond acceptors (Lipinski definition) is 7. The van der Waals surface area contributed by atoms with Crippen molar-refractivity contribution >= 4 is 61.9 Å². The molecule has 0 aliphatic carbocycles. The van der Waals surface area contributed by atoms with Crippen molar-refractivity contribution in [3.63, 3.8) is 0 Å². The summed E-state index contributed by atoms with van der Waals surface area (Å²) in [7, 11) is -3.68. The van der Waals surface area contributed by atoms with Gasteiger partial charge >= 0.3 is 0 Å². The molecular weight excluding hydrogens is 537 g/mol. The number of thiocarbonyl (C=S) groups is 1. The summed E-state index contributed by atoms with van der Waals surface area (Å²) in [6.07, 6.45) is 1.24. The number of anilines is 1. The summed E-state index contributed by atoms with van der Waals surface area (Å²) >= 11 is 6.42. The molecule has 2 heterocycles. The Balaban J connectivity index is 1.33. The molecule has 2 aromatic rings. The predicted molar refractivity (Wildman–Crippen MR) is 145 cm³/mol. The van der Waals surface area contributed by atoms with Crippen molar-refractivity contribution in [3.8, 4) is 0 Å². The molecule has 0 saturated carbocycles. The Bertz CT molecular complexity index is 1320. The highest BCUT2D eigenvalue weighted by Crippen LogP contribution is 2.32. The molecule has 2 amide bonds. The summed E-state index contributed by atoms with van der Waals surface area (Å²) in [4.78, 5) is 27.1. The fraction of sp³-hybridized carbons (Fsp3) is 0.320. The topological polar surface area (TPSA) is 96.0 Å². The van der Waals surface area contributed by atoms with E-state index >= 15 is 0 Å². The van der Waals surface area contributed by atoms with Crippen LogP contribution in [-0.4, -0.2) is 65.6 Å². The number of benzene rings is 2. The molecule has 2 fully saturated rings. The molecule has 12 heteroatoms. The van der Waals surface area contributed by atoms with Crippen LogP contribution < -0.4 is 5.32 Å². The minimum atomic E-state index is -3.68. The SMILES string of the molecule is C[C@H]1CN(S(=O)(=O)c2ccc(NC(=O)CCN3C(=O)/C(=C/c4ccc(F)cc4)SC3=S)cc2)C[C@H](C)O1. The van der Waals surface area contributed by atoms with E-state index in [1.54, 1.807) is 18.2 Å². The first kappa shape index (κ1) is 27.4. The van der Waals surface area contributed by atoms with Crippen LogP contribution in [0.15, 0.2) is 58.3 Å². The number of halogens is 1. The number of nitrogens with zero attached hydrogens (tertiary/aromatic N) is 2. The normalized spacial score (nSPS) is 22.0. The van der Waals surface area contributed by atoms with E-state index in [1.807, 2.05) is 13.8 Å². The summed E-state index contributed by atoms with van der Waals surface area (Å²) in [5.74, 6) is -1.02. The average molecular weight is 564 g/mol. The van der Waals surface area contributed by atoms with Crippen LogP contribution in [0.5, 0.6) is 0 Å². The molecule has 0 unspecified atom stereocenters. The fourth-order valence-electron chi connectivity index (χ4n) is 4.03. The summed E-state index contributed by atoms with van der Waals surface area (Å²) in [5, 5.41) is 2.72. The maximum Gasteiger partial charge on any atom is 0.266 e. The van der Waals surface area contributed by atoms with E-state index in [9.17, 15) is 22.4 Å². The second kappa shape index (κ2) is 11.4. The molecule has 0 radical (unpaired) electrons.